The van der Waals surface area contributed by atoms with Crippen molar-refractivity contribution < 1.29 is 9.59 Å². The lowest BCUT2D eigenvalue weighted by molar-refractivity contribution is 0.0925. The van der Waals surface area contributed by atoms with Crippen molar-refractivity contribution in [3.63, 3.8) is 0 Å². The molecule has 8 heteroatoms. The predicted molar refractivity (Wildman–Crippen MR) is 79.7 cm³/mol. The van der Waals surface area contributed by atoms with Crippen molar-refractivity contribution in [1.82, 2.24) is 20.8 Å². The molecule has 1 heterocycles. The van der Waals surface area contributed by atoms with Crippen molar-refractivity contribution >= 4 is 35.0 Å². The number of aromatic amines is 1. The normalized spacial score (nSPS) is 10.2. The molecule has 0 atom stereocenters. The summed E-state index contributed by atoms with van der Waals surface area (Å²) < 4.78 is 0. The van der Waals surface area contributed by atoms with E-state index in [9.17, 15) is 9.59 Å². The number of carbonyl (C=O) groups excluding carboxylic acids is 2. The third-order valence-corrected chi connectivity index (χ3v) is 3.26. The molecule has 1 aromatic heterocycles. The van der Waals surface area contributed by atoms with E-state index in [1.807, 2.05) is 0 Å². The molecule has 0 unspecified atom stereocenters. The minimum Gasteiger partial charge on any atom is -0.350 e. The standard InChI is InChI=1S/C13H12Cl2N4O2/c14-8-2-1-3-9(15)11(8)13(21)17-7-6-16-12(20)10-4-5-18-19-10/h1-5H,6-7H2,(H,16,20)(H,17,21)(H,18,19). The molecule has 0 aliphatic carbocycles. The van der Waals surface area contributed by atoms with Gasteiger partial charge in [-0.1, -0.05) is 29.3 Å². The van der Waals surface area contributed by atoms with Gasteiger partial charge in [0.25, 0.3) is 11.8 Å². The van der Waals surface area contributed by atoms with E-state index in [0.717, 1.165) is 0 Å². The zero-order valence-corrected chi connectivity index (χ0v) is 12.3. The molecule has 0 radical (unpaired) electrons. The highest BCUT2D eigenvalue weighted by Crippen LogP contribution is 2.23. The molecule has 0 spiro atoms. The molecule has 0 fully saturated rings. The molecule has 1 aromatic carbocycles. The fourth-order valence-corrected chi connectivity index (χ4v) is 2.20. The first-order valence-corrected chi connectivity index (χ1v) is 6.85. The fraction of sp³-hybridized carbons (Fsp3) is 0.154. The van der Waals surface area contributed by atoms with Crippen molar-refractivity contribution in [2.75, 3.05) is 13.1 Å². The molecule has 0 saturated heterocycles. The molecule has 2 amide bonds. The molecular weight excluding hydrogens is 315 g/mol. The van der Waals surface area contributed by atoms with E-state index in [0.29, 0.717) is 5.69 Å². The Morgan fingerprint density at radius 1 is 1.05 bits per heavy atom. The molecule has 0 aliphatic heterocycles. The van der Waals surface area contributed by atoms with Crippen LogP contribution in [0.4, 0.5) is 0 Å². The van der Waals surface area contributed by atoms with Gasteiger partial charge in [-0.3, -0.25) is 14.7 Å². The van der Waals surface area contributed by atoms with Gasteiger partial charge in [-0.05, 0) is 18.2 Å². The van der Waals surface area contributed by atoms with E-state index in [1.165, 1.54) is 6.20 Å². The third kappa shape index (κ3) is 3.96. The fourth-order valence-electron chi connectivity index (χ4n) is 1.63. The smallest absolute Gasteiger partial charge is 0.269 e. The number of nitrogens with zero attached hydrogens (tertiary/aromatic N) is 1. The Morgan fingerprint density at radius 3 is 2.24 bits per heavy atom. The number of benzene rings is 1. The Kier molecular flexibility index (Phi) is 5.19. The molecule has 0 aliphatic rings. The summed E-state index contributed by atoms with van der Waals surface area (Å²) in [7, 11) is 0. The molecule has 0 saturated carbocycles. The molecule has 2 aromatic rings. The summed E-state index contributed by atoms with van der Waals surface area (Å²) >= 11 is 11.9. The van der Waals surface area contributed by atoms with Gasteiger partial charge in [0.15, 0.2) is 0 Å². The maximum Gasteiger partial charge on any atom is 0.269 e. The highest BCUT2D eigenvalue weighted by molar-refractivity contribution is 6.39. The molecular formula is C13H12Cl2N4O2. The highest BCUT2D eigenvalue weighted by atomic mass is 35.5. The van der Waals surface area contributed by atoms with Gasteiger partial charge in [0.1, 0.15) is 5.69 Å². The summed E-state index contributed by atoms with van der Waals surface area (Å²) in [4.78, 5) is 23.5. The average molecular weight is 327 g/mol. The highest BCUT2D eigenvalue weighted by Gasteiger charge is 2.14. The Morgan fingerprint density at radius 2 is 1.67 bits per heavy atom. The number of rotatable bonds is 5. The quantitative estimate of drug-likeness (QED) is 0.733. The zero-order valence-electron chi connectivity index (χ0n) is 10.8. The van der Waals surface area contributed by atoms with Crippen LogP contribution in [0.25, 0.3) is 0 Å². The van der Waals surface area contributed by atoms with Crippen molar-refractivity contribution in [3.8, 4) is 0 Å². The van der Waals surface area contributed by atoms with Gasteiger partial charge in [-0.15, -0.1) is 0 Å². The van der Waals surface area contributed by atoms with Gasteiger partial charge in [0.2, 0.25) is 0 Å². The van der Waals surface area contributed by atoms with E-state index in [1.54, 1.807) is 24.3 Å². The maximum atomic E-state index is 12.0. The number of hydrogen-bond donors (Lipinski definition) is 3. The largest absolute Gasteiger partial charge is 0.350 e. The summed E-state index contributed by atoms with van der Waals surface area (Å²) in [6, 6.07) is 6.38. The first-order chi connectivity index (χ1) is 10.1. The number of H-pyrrole nitrogens is 1. The molecule has 21 heavy (non-hydrogen) atoms. The second kappa shape index (κ2) is 7.10. The molecule has 0 bridgehead atoms. The second-order valence-electron chi connectivity index (χ2n) is 4.08. The van der Waals surface area contributed by atoms with Gasteiger partial charge in [0, 0.05) is 19.3 Å². The third-order valence-electron chi connectivity index (χ3n) is 2.63. The summed E-state index contributed by atoms with van der Waals surface area (Å²) in [6.45, 7) is 0.520. The Labute approximate surface area is 130 Å². The number of hydrogen-bond acceptors (Lipinski definition) is 3. The maximum absolute atomic E-state index is 12.0. The van der Waals surface area contributed by atoms with Crippen LogP contribution in [0.5, 0.6) is 0 Å². The molecule has 6 nitrogen and oxygen atoms in total. The van der Waals surface area contributed by atoms with Crippen LogP contribution in [0.3, 0.4) is 0 Å². The van der Waals surface area contributed by atoms with Gasteiger partial charge < -0.3 is 10.6 Å². The summed E-state index contributed by atoms with van der Waals surface area (Å²) in [5, 5.41) is 12.0. The SMILES string of the molecule is O=C(NCCNC(=O)c1c(Cl)cccc1Cl)c1ccn[nH]1. The van der Waals surface area contributed by atoms with Crippen LogP contribution in [0.1, 0.15) is 20.8 Å². The van der Waals surface area contributed by atoms with Crippen LogP contribution in [-0.4, -0.2) is 35.1 Å². The first kappa shape index (κ1) is 15.3. The summed E-state index contributed by atoms with van der Waals surface area (Å²) in [6.07, 6.45) is 1.48. The van der Waals surface area contributed by atoms with Crippen LogP contribution < -0.4 is 10.6 Å². The lowest BCUT2D eigenvalue weighted by Gasteiger charge is -2.08. The molecule has 3 N–H and O–H groups in total. The van der Waals surface area contributed by atoms with Crippen LogP contribution >= 0.6 is 23.2 Å². The number of carbonyl (C=O) groups is 2. The monoisotopic (exact) mass is 326 g/mol. The van der Waals surface area contributed by atoms with Gasteiger partial charge in [-0.25, -0.2) is 0 Å². The van der Waals surface area contributed by atoms with Crippen molar-refractivity contribution in [1.29, 1.82) is 0 Å². The van der Waals surface area contributed by atoms with Crippen molar-refractivity contribution in [2.45, 2.75) is 0 Å². The van der Waals surface area contributed by atoms with Crippen LogP contribution in [0.2, 0.25) is 10.0 Å². The topological polar surface area (TPSA) is 86.9 Å². The Balaban J connectivity index is 1.81. The van der Waals surface area contributed by atoms with E-state index >= 15 is 0 Å². The molecule has 110 valence electrons. The Hall–Kier alpha value is -2.05. The van der Waals surface area contributed by atoms with Crippen LogP contribution in [0, 0.1) is 0 Å². The summed E-state index contributed by atoms with van der Waals surface area (Å²) in [5.74, 6) is -0.682. The van der Waals surface area contributed by atoms with Crippen LogP contribution in [0.15, 0.2) is 30.5 Å². The summed E-state index contributed by atoms with van der Waals surface area (Å²) in [5.41, 5.74) is 0.580. The van der Waals surface area contributed by atoms with Crippen LogP contribution in [-0.2, 0) is 0 Å². The van der Waals surface area contributed by atoms with E-state index in [4.69, 9.17) is 23.2 Å². The first-order valence-electron chi connectivity index (χ1n) is 6.09. The van der Waals surface area contributed by atoms with Crippen molar-refractivity contribution in [3.05, 3.63) is 51.8 Å². The van der Waals surface area contributed by atoms with Gasteiger partial charge >= 0.3 is 0 Å². The van der Waals surface area contributed by atoms with Gasteiger partial charge in [-0.2, -0.15) is 5.10 Å². The van der Waals surface area contributed by atoms with Gasteiger partial charge in [0.05, 0.1) is 15.6 Å². The number of amides is 2. The number of nitrogens with one attached hydrogen (secondary N) is 3. The minimum absolute atomic E-state index is 0.223. The van der Waals surface area contributed by atoms with E-state index in [2.05, 4.69) is 20.8 Å². The lowest BCUT2D eigenvalue weighted by atomic mass is 10.2. The van der Waals surface area contributed by atoms with E-state index < -0.39 is 0 Å². The molecule has 2 rings (SSSR count). The second-order valence-corrected chi connectivity index (χ2v) is 4.89. The predicted octanol–water partition coefficient (Wildman–Crippen LogP) is 1.88. The van der Waals surface area contributed by atoms with E-state index in [-0.39, 0.29) is 40.5 Å². The van der Waals surface area contributed by atoms with Crippen molar-refractivity contribution in [2.24, 2.45) is 0 Å². The Bertz CT molecular complexity index is 623. The zero-order chi connectivity index (χ0) is 15.2. The minimum atomic E-state index is -0.388. The lowest BCUT2D eigenvalue weighted by Crippen LogP contribution is -2.35. The number of halogens is 2. The number of aromatic nitrogens is 2. The average Bonchev–Trinajstić information content (AvgIpc) is 2.97.